The minimum absolute atomic E-state index is 0.0116. The molecule has 2 aromatic rings. The van der Waals surface area contributed by atoms with Gasteiger partial charge in [0.2, 0.25) is 10.0 Å². The normalized spacial score (nSPS) is 29.3. The van der Waals surface area contributed by atoms with E-state index >= 15 is 0 Å². The van der Waals surface area contributed by atoms with Gasteiger partial charge in [-0.1, -0.05) is 44.2 Å². The quantitative estimate of drug-likeness (QED) is 0.361. The second-order valence-electron chi connectivity index (χ2n) is 9.71. The van der Waals surface area contributed by atoms with Crippen molar-refractivity contribution in [3.63, 3.8) is 0 Å². The van der Waals surface area contributed by atoms with Gasteiger partial charge in [-0.2, -0.15) is 4.31 Å². The average molecular weight is 553 g/mol. The number of nitrogen functional groups attached to an aromatic ring is 1. The van der Waals surface area contributed by atoms with E-state index in [2.05, 4.69) is 5.32 Å². The van der Waals surface area contributed by atoms with E-state index in [-0.39, 0.29) is 30.3 Å². The van der Waals surface area contributed by atoms with Crippen molar-refractivity contribution in [3.05, 3.63) is 60.2 Å². The number of anilines is 1. The van der Waals surface area contributed by atoms with Crippen LogP contribution in [0.15, 0.2) is 59.5 Å². The standard InChI is InChI=1S/C27H37N3O7S/c1-18(2)15-30(38(33,34)21-10-8-20(28)9-11-21)16-24(31)23(14-19-6-4-3-5-7-19)29-27(32)37-25-17-36-26-22(25)12-13-35-26/h3-11,18,22-26,31H,12-17,28H2,1-2H3,(H,29,32)/t22-,23-,24+,25-,26+/m0/s1/i13D2,17D2,26D. The summed E-state index contributed by atoms with van der Waals surface area (Å²) in [5, 5.41) is 13.9. The SMILES string of the molecule is [2H]C1([2H])C[C@H]2[C@@H](OC(=O)N[C@@H](Cc3ccccc3)[C@H](O)CN(CC(C)C)S(=O)(=O)c3ccc(N)cc3)C([2H])([2H])O[C@@]2([2H])O1. The number of alkyl carbamates (subject to hydrolysis) is 1. The number of nitrogens with zero attached hydrogens (tertiary/aromatic N) is 1. The van der Waals surface area contributed by atoms with Gasteiger partial charge in [0.15, 0.2) is 6.27 Å². The predicted molar refractivity (Wildman–Crippen MR) is 142 cm³/mol. The molecule has 0 saturated carbocycles. The van der Waals surface area contributed by atoms with Gasteiger partial charge < -0.3 is 30.4 Å². The van der Waals surface area contributed by atoms with Crippen LogP contribution in [0.3, 0.4) is 0 Å². The number of aliphatic hydroxyl groups is 1. The van der Waals surface area contributed by atoms with E-state index in [0.29, 0.717) is 11.3 Å². The molecule has 0 unspecified atom stereocenters. The van der Waals surface area contributed by atoms with Crippen LogP contribution in [-0.4, -0.2) is 74.6 Å². The molecule has 0 aromatic heterocycles. The summed E-state index contributed by atoms with van der Waals surface area (Å²) in [6.07, 6.45) is -7.07. The van der Waals surface area contributed by atoms with Crippen LogP contribution in [0, 0.1) is 11.8 Å². The fourth-order valence-corrected chi connectivity index (χ4v) is 5.87. The van der Waals surface area contributed by atoms with E-state index < -0.39 is 66.1 Å². The van der Waals surface area contributed by atoms with Gasteiger partial charge in [-0.3, -0.25) is 0 Å². The number of ether oxygens (including phenoxy) is 3. The number of carbonyl (C=O) groups is 1. The highest BCUT2D eigenvalue weighted by molar-refractivity contribution is 7.89. The minimum atomic E-state index is -4.07. The zero-order chi connectivity index (χ0) is 31.8. The topological polar surface area (TPSA) is 140 Å². The van der Waals surface area contributed by atoms with Gasteiger partial charge in [-0.05, 0) is 48.6 Å². The summed E-state index contributed by atoms with van der Waals surface area (Å²) in [4.78, 5) is 13.1. The number of nitrogens with two attached hydrogens (primary N) is 1. The van der Waals surface area contributed by atoms with Crippen molar-refractivity contribution in [1.82, 2.24) is 9.62 Å². The van der Waals surface area contributed by atoms with E-state index in [4.69, 9.17) is 26.8 Å². The second kappa shape index (κ2) is 12.4. The zero-order valence-electron chi connectivity index (χ0n) is 26.2. The van der Waals surface area contributed by atoms with Gasteiger partial charge >= 0.3 is 6.09 Å². The second-order valence-corrected chi connectivity index (χ2v) is 11.7. The Hall–Kier alpha value is -2.70. The van der Waals surface area contributed by atoms with Crippen LogP contribution in [-0.2, 0) is 30.7 Å². The number of rotatable bonds is 11. The summed E-state index contributed by atoms with van der Waals surface area (Å²) in [6, 6.07) is 13.4. The summed E-state index contributed by atoms with van der Waals surface area (Å²) in [5.74, 6) is -1.38. The van der Waals surface area contributed by atoms with Crippen molar-refractivity contribution in [2.24, 2.45) is 11.8 Å². The van der Waals surface area contributed by atoms with Crippen molar-refractivity contribution in [1.29, 1.82) is 0 Å². The Labute approximate surface area is 231 Å². The molecule has 0 radical (unpaired) electrons. The summed E-state index contributed by atoms with van der Waals surface area (Å²) in [5.41, 5.74) is 6.83. The van der Waals surface area contributed by atoms with E-state index in [9.17, 15) is 18.3 Å². The van der Waals surface area contributed by atoms with Crippen LogP contribution < -0.4 is 11.1 Å². The van der Waals surface area contributed by atoms with E-state index in [1.54, 1.807) is 30.3 Å². The molecule has 2 fully saturated rings. The molecule has 0 bridgehead atoms. The number of hydrogen-bond acceptors (Lipinski definition) is 8. The molecule has 4 rings (SSSR count). The number of sulfonamides is 1. The fourth-order valence-electron chi connectivity index (χ4n) is 4.25. The highest BCUT2D eigenvalue weighted by Gasteiger charge is 2.44. The molecule has 0 aliphatic carbocycles. The lowest BCUT2D eigenvalue weighted by Gasteiger charge is -2.31. The highest BCUT2D eigenvalue weighted by atomic mass is 32.2. The Morgan fingerprint density at radius 1 is 1.21 bits per heavy atom. The third kappa shape index (κ3) is 7.03. The lowest BCUT2D eigenvalue weighted by molar-refractivity contribution is -0.0907. The van der Waals surface area contributed by atoms with Crippen molar-refractivity contribution in [2.75, 3.05) is 31.9 Å². The van der Waals surface area contributed by atoms with Gasteiger partial charge in [0.25, 0.3) is 0 Å². The molecule has 1 amide bonds. The van der Waals surface area contributed by atoms with Crippen molar-refractivity contribution >= 4 is 21.8 Å². The van der Waals surface area contributed by atoms with Crippen molar-refractivity contribution < 1.29 is 39.4 Å². The number of fused-ring (bicyclic) bond motifs is 1. The number of benzene rings is 2. The molecule has 5 atom stereocenters. The Kier molecular flexibility index (Phi) is 7.25. The maximum atomic E-state index is 13.6. The first-order valence-electron chi connectivity index (χ1n) is 14.9. The average Bonchev–Trinajstić information content (AvgIpc) is 3.23. The zero-order valence-corrected chi connectivity index (χ0v) is 22.1. The maximum absolute atomic E-state index is 13.6. The monoisotopic (exact) mass is 552 g/mol. The molecule has 2 saturated heterocycles. The molecule has 2 aromatic carbocycles. The smallest absolute Gasteiger partial charge is 0.407 e. The Bertz CT molecular complexity index is 1390. The Morgan fingerprint density at radius 2 is 1.92 bits per heavy atom. The highest BCUT2D eigenvalue weighted by Crippen LogP contribution is 2.33. The number of aliphatic hydroxyl groups excluding tert-OH is 1. The van der Waals surface area contributed by atoms with Gasteiger partial charge in [0.1, 0.15) is 6.10 Å². The van der Waals surface area contributed by atoms with Gasteiger partial charge in [0.05, 0.1) is 42.9 Å². The number of hydrogen-bond donors (Lipinski definition) is 3. The number of amides is 1. The third-order valence-corrected chi connectivity index (χ3v) is 8.04. The Morgan fingerprint density at radius 3 is 2.61 bits per heavy atom. The lowest BCUT2D eigenvalue weighted by Crippen LogP contribution is -2.51. The lowest BCUT2D eigenvalue weighted by atomic mass is 10.0. The summed E-state index contributed by atoms with van der Waals surface area (Å²) >= 11 is 0. The molecule has 10 nitrogen and oxygen atoms in total. The third-order valence-electron chi connectivity index (χ3n) is 6.20. The molecule has 38 heavy (non-hydrogen) atoms. The van der Waals surface area contributed by atoms with Gasteiger partial charge in [0, 0.05) is 18.8 Å². The first kappa shape index (κ1) is 22.2. The molecule has 11 heteroatoms. The maximum Gasteiger partial charge on any atom is 0.407 e. The first-order valence-corrected chi connectivity index (χ1v) is 13.8. The van der Waals surface area contributed by atoms with E-state index in [0.717, 1.165) is 4.31 Å². The van der Waals surface area contributed by atoms with E-state index in [1.165, 1.54) is 24.3 Å². The predicted octanol–water partition coefficient (Wildman–Crippen LogP) is 2.38. The van der Waals surface area contributed by atoms with Crippen LogP contribution in [0.1, 0.15) is 32.7 Å². The number of nitrogens with one attached hydrogen (secondary N) is 1. The molecule has 2 heterocycles. The van der Waals surface area contributed by atoms with Crippen LogP contribution >= 0.6 is 0 Å². The molecule has 2 aliphatic rings. The van der Waals surface area contributed by atoms with Crippen LogP contribution in [0.25, 0.3) is 0 Å². The summed E-state index contributed by atoms with van der Waals surface area (Å²) in [6.45, 7) is -1.61. The van der Waals surface area contributed by atoms with Crippen molar-refractivity contribution in [3.8, 4) is 0 Å². The minimum Gasteiger partial charge on any atom is -0.443 e. The first-order chi connectivity index (χ1) is 19.9. The largest absolute Gasteiger partial charge is 0.443 e. The van der Waals surface area contributed by atoms with Crippen molar-refractivity contribution in [2.45, 2.75) is 56.1 Å². The molecular weight excluding hydrogens is 510 g/mol. The van der Waals surface area contributed by atoms with Gasteiger partial charge in [-0.15, -0.1) is 0 Å². The van der Waals surface area contributed by atoms with Gasteiger partial charge in [-0.25, -0.2) is 13.2 Å². The number of carbonyl (C=O) groups excluding carboxylic acids is 1. The molecule has 4 N–H and O–H groups in total. The van der Waals surface area contributed by atoms with Crippen LogP contribution in [0.4, 0.5) is 10.5 Å². The summed E-state index contributed by atoms with van der Waals surface area (Å²) in [7, 11) is -4.07. The van der Waals surface area contributed by atoms with Crippen LogP contribution in [0.2, 0.25) is 0 Å². The molecular formula is C27H37N3O7S. The fraction of sp³-hybridized carbons (Fsp3) is 0.519. The van der Waals surface area contributed by atoms with E-state index in [1.807, 2.05) is 13.8 Å². The molecule has 2 aliphatic heterocycles. The molecule has 0 spiro atoms. The van der Waals surface area contributed by atoms with Crippen LogP contribution in [0.5, 0.6) is 0 Å². The summed E-state index contributed by atoms with van der Waals surface area (Å²) < 4.78 is 83.8. The Balaban J connectivity index is 1.56. The molecule has 208 valence electrons.